The topological polar surface area (TPSA) is 60.3 Å². The predicted molar refractivity (Wildman–Crippen MR) is 102 cm³/mol. The number of carbonyl (C=O) groups is 2. The van der Waals surface area contributed by atoms with Crippen molar-refractivity contribution < 1.29 is 18.7 Å². The molecule has 27 heavy (non-hydrogen) atoms. The van der Waals surface area contributed by atoms with Crippen LogP contribution in [0, 0.1) is 5.82 Å². The van der Waals surface area contributed by atoms with E-state index in [1.165, 1.54) is 19.1 Å². The molecule has 3 aromatic rings. The summed E-state index contributed by atoms with van der Waals surface area (Å²) in [6.45, 7) is 1.92. The van der Waals surface area contributed by atoms with Gasteiger partial charge in [0.25, 0.3) is 5.91 Å². The number of aromatic nitrogens is 1. The molecule has 0 aliphatic carbocycles. The second kappa shape index (κ2) is 8.22. The SMILES string of the molecule is CC(OC(=O)CCn1ccc2ccccc21)C(=O)Nc1ccc(F)cc1Cl. The number of nitrogens with zero attached hydrogens (tertiary/aromatic N) is 1. The number of fused-ring (bicyclic) bond motifs is 1. The molecule has 1 unspecified atom stereocenters. The van der Waals surface area contributed by atoms with Crippen LogP contribution in [0.15, 0.2) is 54.7 Å². The van der Waals surface area contributed by atoms with E-state index in [1.807, 2.05) is 41.1 Å². The third-order valence-corrected chi connectivity index (χ3v) is 4.42. The number of benzene rings is 2. The summed E-state index contributed by atoms with van der Waals surface area (Å²) < 4.78 is 20.2. The zero-order valence-electron chi connectivity index (χ0n) is 14.6. The van der Waals surface area contributed by atoms with E-state index in [2.05, 4.69) is 5.32 Å². The summed E-state index contributed by atoms with van der Waals surface area (Å²) in [5.41, 5.74) is 1.28. The number of aryl methyl sites for hydroxylation is 1. The minimum absolute atomic E-state index is 0.0707. The van der Waals surface area contributed by atoms with Crippen molar-refractivity contribution in [2.24, 2.45) is 0 Å². The molecule has 1 amide bonds. The maximum absolute atomic E-state index is 13.0. The largest absolute Gasteiger partial charge is 0.452 e. The lowest BCUT2D eigenvalue weighted by molar-refractivity contribution is -0.153. The summed E-state index contributed by atoms with van der Waals surface area (Å²) in [5.74, 6) is -1.53. The average molecular weight is 389 g/mol. The summed E-state index contributed by atoms with van der Waals surface area (Å²) >= 11 is 5.87. The molecule has 0 aliphatic rings. The van der Waals surface area contributed by atoms with Crippen LogP contribution in [0.4, 0.5) is 10.1 Å². The van der Waals surface area contributed by atoms with Gasteiger partial charge in [0.1, 0.15) is 5.82 Å². The highest BCUT2D eigenvalue weighted by molar-refractivity contribution is 6.33. The predicted octanol–water partition coefficient (Wildman–Crippen LogP) is 4.39. The number of rotatable bonds is 6. The first-order valence-corrected chi connectivity index (χ1v) is 8.81. The maximum atomic E-state index is 13.0. The molecule has 3 rings (SSSR count). The van der Waals surface area contributed by atoms with Gasteiger partial charge in [-0.2, -0.15) is 0 Å². The number of halogens is 2. The molecule has 1 aromatic heterocycles. The lowest BCUT2D eigenvalue weighted by Crippen LogP contribution is -2.30. The third-order valence-electron chi connectivity index (χ3n) is 4.10. The zero-order chi connectivity index (χ0) is 19.4. The third kappa shape index (κ3) is 4.65. The van der Waals surface area contributed by atoms with Gasteiger partial charge in [-0.05, 0) is 42.6 Å². The Labute approximate surface area is 160 Å². The minimum atomic E-state index is -1.000. The van der Waals surface area contributed by atoms with Gasteiger partial charge >= 0.3 is 5.97 Å². The van der Waals surface area contributed by atoms with E-state index in [0.717, 1.165) is 17.0 Å². The van der Waals surface area contributed by atoms with Gasteiger partial charge in [0.05, 0.1) is 17.1 Å². The van der Waals surface area contributed by atoms with E-state index in [1.54, 1.807) is 0 Å². The molecular formula is C20H18ClFN2O3. The van der Waals surface area contributed by atoms with Crippen molar-refractivity contribution in [2.45, 2.75) is 26.0 Å². The summed E-state index contributed by atoms with van der Waals surface area (Å²) in [6.07, 6.45) is 1.04. The molecule has 1 N–H and O–H groups in total. The van der Waals surface area contributed by atoms with Gasteiger partial charge in [-0.15, -0.1) is 0 Å². The van der Waals surface area contributed by atoms with Crippen molar-refractivity contribution in [1.29, 1.82) is 0 Å². The van der Waals surface area contributed by atoms with Crippen LogP contribution in [-0.4, -0.2) is 22.5 Å². The summed E-state index contributed by atoms with van der Waals surface area (Å²) in [6, 6.07) is 13.5. The second-order valence-electron chi connectivity index (χ2n) is 6.06. The van der Waals surface area contributed by atoms with E-state index >= 15 is 0 Å². The first-order valence-electron chi connectivity index (χ1n) is 8.43. The molecule has 2 aromatic carbocycles. The molecule has 0 saturated heterocycles. The normalized spacial score (nSPS) is 12.0. The van der Waals surface area contributed by atoms with Crippen LogP contribution in [-0.2, 0) is 20.9 Å². The molecule has 0 spiro atoms. The molecule has 1 atom stereocenters. The quantitative estimate of drug-likeness (QED) is 0.637. The Morgan fingerprint density at radius 1 is 1.22 bits per heavy atom. The van der Waals surface area contributed by atoms with Crippen LogP contribution in [0.2, 0.25) is 5.02 Å². The van der Waals surface area contributed by atoms with Crippen molar-refractivity contribution >= 4 is 40.1 Å². The molecule has 0 radical (unpaired) electrons. The van der Waals surface area contributed by atoms with Crippen LogP contribution >= 0.6 is 11.6 Å². The molecule has 1 heterocycles. The highest BCUT2D eigenvalue weighted by atomic mass is 35.5. The van der Waals surface area contributed by atoms with Crippen LogP contribution < -0.4 is 5.32 Å². The number of amides is 1. The highest BCUT2D eigenvalue weighted by Crippen LogP contribution is 2.22. The Hall–Kier alpha value is -2.86. The fourth-order valence-electron chi connectivity index (χ4n) is 2.68. The molecule has 140 valence electrons. The van der Waals surface area contributed by atoms with E-state index in [9.17, 15) is 14.0 Å². The standard InChI is InChI=1S/C20H18ClFN2O3/c1-13(20(26)23-17-7-6-15(22)12-16(17)21)27-19(25)9-11-24-10-8-14-4-2-3-5-18(14)24/h2-8,10,12-13H,9,11H2,1H3,(H,23,26). The summed E-state index contributed by atoms with van der Waals surface area (Å²) in [7, 11) is 0. The summed E-state index contributed by atoms with van der Waals surface area (Å²) in [5, 5.41) is 3.68. The maximum Gasteiger partial charge on any atom is 0.308 e. The van der Waals surface area contributed by atoms with Gasteiger partial charge in [-0.1, -0.05) is 29.8 Å². The lowest BCUT2D eigenvalue weighted by Gasteiger charge is -2.14. The monoisotopic (exact) mass is 388 g/mol. The number of anilines is 1. The number of carbonyl (C=O) groups excluding carboxylic acids is 2. The number of ether oxygens (including phenoxy) is 1. The number of hydrogen-bond acceptors (Lipinski definition) is 3. The Morgan fingerprint density at radius 3 is 2.78 bits per heavy atom. The fraction of sp³-hybridized carbons (Fsp3) is 0.200. The molecule has 0 bridgehead atoms. The van der Waals surface area contributed by atoms with Crippen LogP contribution in [0.5, 0.6) is 0 Å². The molecule has 5 nitrogen and oxygen atoms in total. The van der Waals surface area contributed by atoms with Crippen molar-refractivity contribution in [3.63, 3.8) is 0 Å². The first-order chi connectivity index (χ1) is 12.9. The molecule has 0 saturated carbocycles. The van der Waals surface area contributed by atoms with Gasteiger partial charge in [0, 0.05) is 18.3 Å². The van der Waals surface area contributed by atoms with E-state index < -0.39 is 23.8 Å². The van der Waals surface area contributed by atoms with Gasteiger partial charge in [0.15, 0.2) is 6.10 Å². The smallest absolute Gasteiger partial charge is 0.308 e. The minimum Gasteiger partial charge on any atom is -0.452 e. The average Bonchev–Trinajstić information content (AvgIpc) is 3.05. The van der Waals surface area contributed by atoms with Crippen molar-refractivity contribution in [3.8, 4) is 0 Å². The zero-order valence-corrected chi connectivity index (χ0v) is 15.4. The van der Waals surface area contributed by atoms with Gasteiger partial charge in [-0.25, -0.2) is 4.39 Å². The Balaban J connectivity index is 1.53. The number of para-hydroxylation sites is 1. The lowest BCUT2D eigenvalue weighted by atomic mass is 10.2. The van der Waals surface area contributed by atoms with Gasteiger partial charge in [0.2, 0.25) is 0 Å². The van der Waals surface area contributed by atoms with Crippen molar-refractivity contribution in [3.05, 3.63) is 65.6 Å². The van der Waals surface area contributed by atoms with Crippen LogP contribution in [0.25, 0.3) is 10.9 Å². The van der Waals surface area contributed by atoms with E-state index in [-0.39, 0.29) is 17.1 Å². The Morgan fingerprint density at radius 2 is 2.00 bits per heavy atom. The molecule has 7 heteroatoms. The number of nitrogens with one attached hydrogen (secondary N) is 1. The van der Waals surface area contributed by atoms with Crippen LogP contribution in [0.1, 0.15) is 13.3 Å². The molecular weight excluding hydrogens is 371 g/mol. The van der Waals surface area contributed by atoms with Gasteiger partial charge in [-0.3, -0.25) is 9.59 Å². The van der Waals surface area contributed by atoms with Gasteiger partial charge < -0.3 is 14.6 Å². The second-order valence-corrected chi connectivity index (χ2v) is 6.47. The van der Waals surface area contributed by atoms with Crippen LogP contribution in [0.3, 0.4) is 0 Å². The fourth-order valence-corrected chi connectivity index (χ4v) is 2.90. The highest BCUT2D eigenvalue weighted by Gasteiger charge is 2.19. The van der Waals surface area contributed by atoms with Crippen molar-refractivity contribution in [1.82, 2.24) is 4.57 Å². The first kappa shape index (κ1) is 18.9. The van der Waals surface area contributed by atoms with Crippen molar-refractivity contribution in [2.75, 3.05) is 5.32 Å². The Bertz CT molecular complexity index is 986. The molecule has 0 aliphatic heterocycles. The molecule has 0 fully saturated rings. The Kier molecular flexibility index (Phi) is 5.76. The number of hydrogen-bond donors (Lipinski definition) is 1. The summed E-state index contributed by atoms with van der Waals surface area (Å²) in [4.78, 5) is 24.2. The van der Waals surface area contributed by atoms with E-state index in [0.29, 0.717) is 6.54 Å². The number of esters is 1. The van der Waals surface area contributed by atoms with E-state index in [4.69, 9.17) is 16.3 Å².